The summed E-state index contributed by atoms with van der Waals surface area (Å²) in [4.78, 5) is 0. The molecule has 0 aliphatic heterocycles. The predicted octanol–water partition coefficient (Wildman–Crippen LogP) is 4.34. The average Bonchev–Trinajstić information content (AvgIpc) is 2.36. The molecule has 1 unspecified atom stereocenters. The van der Waals surface area contributed by atoms with Crippen LogP contribution in [0.25, 0.3) is 0 Å². The summed E-state index contributed by atoms with van der Waals surface area (Å²) < 4.78 is 0. The van der Waals surface area contributed by atoms with Gasteiger partial charge >= 0.3 is 0 Å². The molecule has 1 spiro atoms. The Balaban J connectivity index is 2.09. The zero-order valence-corrected chi connectivity index (χ0v) is 11.0. The minimum absolute atomic E-state index is 0.217. The lowest BCUT2D eigenvalue weighted by atomic mass is 9.62. The minimum atomic E-state index is 0.217. The van der Waals surface area contributed by atoms with Gasteiger partial charge < -0.3 is 5.73 Å². The van der Waals surface area contributed by atoms with Crippen LogP contribution in [-0.2, 0) is 5.41 Å². The number of hydrogen-bond acceptors (Lipinski definition) is 1. The van der Waals surface area contributed by atoms with Gasteiger partial charge in [0, 0.05) is 11.1 Å². The highest BCUT2D eigenvalue weighted by atomic mass is 35.5. The molecule has 92 valence electrons. The average molecular weight is 250 g/mol. The van der Waals surface area contributed by atoms with Crippen molar-refractivity contribution in [1.82, 2.24) is 0 Å². The summed E-state index contributed by atoms with van der Waals surface area (Å²) in [7, 11) is 0. The molecule has 0 radical (unpaired) electrons. The predicted molar refractivity (Wildman–Crippen MR) is 72.4 cm³/mol. The maximum atomic E-state index is 6.24. The van der Waals surface area contributed by atoms with Crippen molar-refractivity contribution < 1.29 is 0 Å². The first kappa shape index (κ1) is 11.6. The molecular formula is C15H20ClN. The summed E-state index contributed by atoms with van der Waals surface area (Å²) in [5.74, 6) is 0. The van der Waals surface area contributed by atoms with Gasteiger partial charge in [-0.25, -0.2) is 0 Å². The Morgan fingerprint density at radius 2 is 1.88 bits per heavy atom. The Hall–Kier alpha value is -0.530. The first-order valence-electron chi connectivity index (χ1n) is 6.77. The molecule has 0 bridgehead atoms. The lowest BCUT2D eigenvalue weighted by molar-refractivity contribution is 0.244. The van der Waals surface area contributed by atoms with E-state index < -0.39 is 0 Å². The van der Waals surface area contributed by atoms with E-state index in [1.165, 1.54) is 49.7 Å². The highest BCUT2D eigenvalue weighted by Crippen LogP contribution is 2.49. The molecule has 2 aliphatic rings. The van der Waals surface area contributed by atoms with Gasteiger partial charge in [0.2, 0.25) is 0 Å². The highest BCUT2D eigenvalue weighted by molar-refractivity contribution is 6.30. The van der Waals surface area contributed by atoms with E-state index >= 15 is 0 Å². The molecule has 3 rings (SSSR count). The van der Waals surface area contributed by atoms with Crippen LogP contribution in [0.5, 0.6) is 0 Å². The van der Waals surface area contributed by atoms with Crippen molar-refractivity contribution in [3.8, 4) is 0 Å². The van der Waals surface area contributed by atoms with E-state index in [-0.39, 0.29) is 6.04 Å². The molecule has 1 fully saturated rings. The molecule has 1 aromatic rings. The largest absolute Gasteiger partial charge is 0.324 e. The van der Waals surface area contributed by atoms with Crippen molar-refractivity contribution in [2.75, 3.05) is 0 Å². The lowest BCUT2D eigenvalue weighted by Crippen LogP contribution is -2.36. The summed E-state index contributed by atoms with van der Waals surface area (Å²) in [5.41, 5.74) is 9.45. The second-order valence-corrected chi connectivity index (χ2v) is 6.15. The summed E-state index contributed by atoms with van der Waals surface area (Å²) in [5, 5.41) is 0.864. The molecule has 2 N–H and O–H groups in total. The second-order valence-electron chi connectivity index (χ2n) is 5.72. The fraction of sp³-hybridized carbons (Fsp3) is 0.600. The number of nitrogens with two attached hydrogens (primary N) is 1. The van der Waals surface area contributed by atoms with Crippen LogP contribution in [-0.4, -0.2) is 0 Å². The Kier molecular flexibility index (Phi) is 2.92. The van der Waals surface area contributed by atoms with Crippen molar-refractivity contribution in [2.45, 2.75) is 56.4 Å². The van der Waals surface area contributed by atoms with Crippen molar-refractivity contribution >= 4 is 11.6 Å². The van der Waals surface area contributed by atoms with Crippen LogP contribution in [0.15, 0.2) is 18.2 Å². The van der Waals surface area contributed by atoms with Crippen LogP contribution < -0.4 is 5.73 Å². The molecule has 1 atom stereocenters. The van der Waals surface area contributed by atoms with Crippen LogP contribution in [0.4, 0.5) is 0 Å². The van der Waals surface area contributed by atoms with Gasteiger partial charge in [-0.1, -0.05) is 36.9 Å². The molecule has 2 heteroatoms. The Morgan fingerprint density at radius 3 is 2.65 bits per heavy atom. The van der Waals surface area contributed by atoms with Crippen molar-refractivity contribution in [1.29, 1.82) is 0 Å². The van der Waals surface area contributed by atoms with Crippen LogP contribution in [0.3, 0.4) is 0 Å². The highest BCUT2D eigenvalue weighted by Gasteiger charge is 2.39. The number of rotatable bonds is 0. The van der Waals surface area contributed by atoms with Crippen molar-refractivity contribution in [3.63, 3.8) is 0 Å². The van der Waals surface area contributed by atoms with E-state index in [0.717, 1.165) is 11.4 Å². The van der Waals surface area contributed by atoms with Gasteiger partial charge in [0.15, 0.2) is 0 Å². The molecular weight excluding hydrogens is 230 g/mol. The molecule has 0 saturated heterocycles. The van der Waals surface area contributed by atoms with Gasteiger partial charge in [0.25, 0.3) is 0 Å². The van der Waals surface area contributed by atoms with Crippen LogP contribution in [0.2, 0.25) is 5.02 Å². The van der Waals surface area contributed by atoms with Gasteiger partial charge in [-0.2, -0.15) is 0 Å². The maximum Gasteiger partial charge on any atom is 0.0409 e. The third-order valence-corrected chi connectivity index (χ3v) is 4.97. The standard InChI is InChI=1S/C15H20ClN/c16-11-4-5-12-13(10-11)15(9-6-14(12)17)7-2-1-3-8-15/h4-5,10,14H,1-3,6-9,17H2. The maximum absolute atomic E-state index is 6.24. The fourth-order valence-corrected chi connectivity index (χ4v) is 3.95. The van der Waals surface area contributed by atoms with Crippen molar-refractivity contribution in [2.24, 2.45) is 5.73 Å². The third-order valence-electron chi connectivity index (χ3n) is 4.73. The first-order valence-corrected chi connectivity index (χ1v) is 7.15. The summed E-state index contributed by atoms with van der Waals surface area (Å²) >= 11 is 6.19. The van der Waals surface area contributed by atoms with Crippen LogP contribution in [0.1, 0.15) is 62.1 Å². The number of fused-ring (bicyclic) bond motifs is 2. The lowest BCUT2D eigenvalue weighted by Gasteiger charge is -2.44. The molecule has 1 nitrogen and oxygen atoms in total. The molecule has 0 aromatic heterocycles. The summed E-state index contributed by atoms with van der Waals surface area (Å²) in [6, 6.07) is 6.54. The first-order chi connectivity index (χ1) is 8.21. The van der Waals surface area contributed by atoms with Crippen molar-refractivity contribution in [3.05, 3.63) is 34.3 Å². The zero-order valence-electron chi connectivity index (χ0n) is 10.2. The Bertz CT molecular complexity index is 421. The topological polar surface area (TPSA) is 26.0 Å². The smallest absolute Gasteiger partial charge is 0.0409 e. The minimum Gasteiger partial charge on any atom is -0.324 e. The van der Waals surface area contributed by atoms with Gasteiger partial charge in [-0.3, -0.25) is 0 Å². The SMILES string of the molecule is NC1CCC2(CCCCC2)c2cc(Cl)ccc21. The quantitative estimate of drug-likeness (QED) is 0.728. The third kappa shape index (κ3) is 1.90. The molecule has 2 aliphatic carbocycles. The van der Waals surface area contributed by atoms with Crippen LogP contribution >= 0.6 is 11.6 Å². The van der Waals surface area contributed by atoms with E-state index in [9.17, 15) is 0 Å². The van der Waals surface area contributed by atoms with E-state index in [2.05, 4.69) is 12.1 Å². The van der Waals surface area contributed by atoms with E-state index in [1.807, 2.05) is 6.07 Å². The van der Waals surface area contributed by atoms with Gasteiger partial charge in [-0.05, 0) is 54.4 Å². The summed E-state index contributed by atoms with van der Waals surface area (Å²) in [6.07, 6.45) is 9.16. The summed E-state index contributed by atoms with van der Waals surface area (Å²) in [6.45, 7) is 0. The fourth-order valence-electron chi connectivity index (χ4n) is 3.78. The van der Waals surface area contributed by atoms with E-state index in [4.69, 9.17) is 17.3 Å². The van der Waals surface area contributed by atoms with Gasteiger partial charge in [0.05, 0.1) is 0 Å². The molecule has 0 heterocycles. The second kappa shape index (κ2) is 4.29. The number of hydrogen-bond donors (Lipinski definition) is 1. The normalized spacial score (nSPS) is 26.8. The monoisotopic (exact) mass is 249 g/mol. The Morgan fingerprint density at radius 1 is 1.12 bits per heavy atom. The van der Waals surface area contributed by atoms with Gasteiger partial charge in [-0.15, -0.1) is 0 Å². The number of halogens is 1. The molecule has 0 amide bonds. The molecule has 1 aromatic carbocycles. The molecule has 1 saturated carbocycles. The zero-order chi connectivity index (χ0) is 11.9. The van der Waals surface area contributed by atoms with Gasteiger partial charge in [0.1, 0.15) is 0 Å². The van der Waals surface area contributed by atoms with E-state index in [0.29, 0.717) is 5.41 Å². The molecule has 17 heavy (non-hydrogen) atoms. The van der Waals surface area contributed by atoms with E-state index in [1.54, 1.807) is 0 Å². The van der Waals surface area contributed by atoms with Crippen LogP contribution in [0, 0.1) is 0 Å². The number of benzene rings is 1. The Labute approximate surface area is 108 Å².